The van der Waals surface area contributed by atoms with Crippen molar-refractivity contribution >= 4 is 17.0 Å². The second kappa shape index (κ2) is 6.13. The Bertz CT molecular complexity index is 565. The smallest absolute Gasteiger partial charge is 0.245 e. The molecule has 1 aromatic carbocycles. The van der Waals surface area contributed by atoms with E-state index in [1.165, 1.54) is 12.8 Å². The van der Waals surface area contributed by atoms with Crippen molar-refractivity contribution in [2.45, 2.75) is 32.2 Å². The van der Waals surface area contributed by atoms with Gasteiger partial charge < -0.3 is 10.2 Å². The van der Waals surface area contributed by atoms with Crippen LogP contribution in [0.5, 0.6) is 0 Å². The molecule has 5 nitrogen and oxygen atoms in total. The normalized spacial score (nSPS) is 18.6. The van der Waals surface area contributed by atoms with Gasteiger partial charge in [0.05, 0.1) is 5.52 Å². The summed E-state index contributed by atoms with van der Waals surface area (Å²) >= 11 is 0. The van der Waals surface area contributed by atoms with Crippen LogP contribution in [0.1, 0.15) is 26.2 Å². The molecular weight excluding hydrogens is 250 g/mol. The molecule has 1 fully saturated rings. The SMILES string of the molecule is CCCN(CC1CCCN1)c1nnc2ccccc2n1. The first kappa shape index (κ1) is 13.2. The summed E-state index contributed by atoms with van der Waals surface area (Å²) in [6, 6.07) is 8.44. The lowest BCUT2D eigenvalue weighted by molar-refractivity contribution is 0.570. The minimum atomic E-state index is 0.552. The number of anilines is 1. The number of hydrogen-bond donors (Lipinski definition) is 1. The molecule has 5 heteroatoms. The minimum absolute atomic E-state index is 0.552. The van der Waals surface area contributed by atoms with Gasteiger partial charge in [-0.25, -0.2) is 4.98 Å². The second-order valence-electron chi connectivity index (χ2n) is 5.34. The molecule has 1 unspecified atom stereocenters. The zero-order valence-electron chi connectivity index (χ0n) is 11.9. The molecule has 0 bridgehead atoms. The third kappa shape index (κ3) is 2.88. The van der Waals surface area contributed by atoms with E-state index in [0.29, 0.717) is 6.04 Å². The molecule has 0 radical (unpaired) electrons. The lowest BCUT2D eigenvalue weighted by atomic mass is 10.2. The fourth-order valence-corrected chi connectivity index (χ4v) is 2.73. The molecule has 1 atom stereocenters. The van der Waals surface area contributed by atoms with Gasteiger partial charge in [-0.3, -0.25) is 0 Å². The highest BCUT2D eigenvalue weighted by Crippen LogP contribution is 2.15. The number of hydrogen-bond acceptors (Lipinski definition) is 5. The molecule has 1 saturated heterocycles. The van der Waals surface area contributed by atoms with Gasteiger partial charge in [0.15, 0.2) is 0 Å². The Balaban J connectivity index is 1.83. The number of nitrogens with zero attached hydrogens (tertiary/aromatic N) is 4. The highest BCUT2D eigenvalue weighted by atomic mass is 15.3. The van der Waals surface area contributed by atoms with Crippen LogP contribution in [0.4, 0.5) is 5.95 Å². The second-order valence-corrected chi connectivity index (χ2v) is 5.34. The predicted octanol–water partition coefficient (Wildman–Crippen LogP) is 1.99. The Morgan fingerprint density at radius 3 is 2.85 bits per heavy atom. The van der Waals surface area contributed by atoms with Crippen LogP contribution in [0.25, 0.3) is 11.0 Å². The summed E-state index contributed by atoms with van der Waals surface area (Å²) in [7, 11) is 0. The monoisotopic (exact) mass is 271 g/mol. The van der Waals surface area contributed by atoms with Gasteiger partial charge in [0, 0.05) is 19.1 Å². The fourth-order valence-electron chi connectivity index (χ4n) is 2.73. The molecule has 3 rings (SSSR count). The van der Waals surface area contributed by atoms with Crippen LogP contribution in [0, 0.1) is 0 Å². The van der Waals surface area contributed by atoms with Crippen molar-refractivity contribution in [1.82, 2.24) is 20.5 Å². The molecule has 0 saturated carbocycles. The van der Waals surface area contributed by atoms with E-state index in [2.05, 4.69) is 32.3 Å². The molecule has 1 aliphatic rings. The maximum atomic E-state index is 4.66. The molecule has 0 amide bonds. The fraction of sp³-hybridized carbons (Fsp3) is 0.533. The summed E-state index contributed by atoms with van der Waals surface area (Å²) in [5.74, 6) is 0.749. The quantitative estimate of drug-likeness (QED) is 0.901. The third-order valence-corrected chi connectivity index (χ3v) is 3.73. The van der Waals surface area contributed by atoms with Crippen LogP contribution in [-0.2, 0) is 0 Å². The molecule has 1 aliphatic heterocycles. The van der Waals surface area contributed by atoms with E-state index in [1.54, 1.807) is 0 Å². The molecule has 2 heterocycles. The Kier molecular flexibility index (Phi) is 4.06. The summed E-state index contributed by atoms with van der Waals surface area (Å²) in [6.45, 7) is 5.25. The number of fused-ring (bicyclic) bond motifs is 1. The van der Waals surface area contributed by atoms with Gasteiger partial charge in [-0.05, 0) is 37.9 Å². The topological polar surface area (TPSA) is 53.9 Å². The summed E-state index contributed by atoms with van der Waals surface area (Å²) in [4.78, 5) is 6.91. The predicted molar refractivity (Wildman–Crippen MR) is 80.9 cm³/mol. The van der Waals surface area contributed by atoms with Gasteiger partial charge in [0.1, 0.15) is 5.52 Å². The number of nitrogens with one attached hydrogen (secondary N) is 1. The molecule has 106 valence electrons. The zero-order chi connectivity index (χ0) is 13.8. The number of benzene rings is 1. The van der Waals surface area contributed by atoms with Crippen LogP contribution < -0.4 is 10.2 Å². The standard InChI is InChI=1S/C15H21N5/c1-2-10-20(11-12-6-5-9-16-12)15-17-13-7-3-4-8-14(13)18-19-15/h3-4,7-8,12,16H,2,5-6,9-11H2,1H3. The van der Waals surface area contributed by atoms with Gasteiger partial charge in [0.2, 0.25) is 5.95 Å². The highest BCUT2D eigenvalue weighted by molar-refractivity contribution is 5.74. The van der Waals surface area contributed by atoms with Crippen LogP contribution >= 0.6 is 0 Å². The van der Waals surface area contributed by atoms with Crippen molar-refractivity contribution in [2.75, 3.05) is 24.5 Å². The Morgan fingerprint density at radius 2 is 2.10 bits per heavy atom. The van der Waals surface area contributed by atoms with Crippen molar-refractivity contribution in [2.24, 2.45) is 0 Å². The lowest BCUT2D eigenvalue weighted by Crippen LogP contribution is -2.39. The van der Waals surface area contributed by atoms with Crippen molar-refractivity contribution < 1.29 is 0 Å². The van der Waals surface area contributed by atoms with E-state index in [-0.39, 0.29) is 0 Å². The molecule has 1 N–H and O–H groups in total. The van der Waals surface area contributed by atoms with Crippen LogP contribution in [-0.4, -0.2) is 40.9 Å². The maximum absolute atomic E-state index is 4.66. The van der Waals surface area contributed by atoms with Crippen LogP contribution in [0.3, 0.4) is 0 Å². The van der Waals surface area contributed by atoms with E-state index in [0.717, 1.165) is 43.0 Å². The van der Waals surface area contributed by atoms with E-state index in [1.807, 2.05) is 24.3 Å². The van der Waals surface area contributed by atoms with Gasteiger partial charge in [-0.2, -0.15) is 0 Å². The first-order valence-corrected chi connectivity index (χ1v) is 7.44. The highest BCUT2D eigenvalue weighted by Gasteiger charge is 2.19. The molecule has 20 heavy (non-hydrogen) atoms. The average Bonchev–Trinajstić information content (AvgIpc) is 2.99. The van der Waals surface area contributed by atoms with Crippen LogP contribution in [0.2, 0.25) is 0 Å². The van der Waals surface area contributed by atoms with Gasteiger partial charge >= 0.3 is 0 Å². The van der Waals surface area contributed by atoms with E-state index in [4.69, 9.17) is 0 Å². The Labute approximate surface area is 119 Å². The van der Waals surface area contributed by atoms with Crippen molar-refractivity contribution in [3.8, 4) is 0 Å². The third-order valence-electron chi connectivity index (χ3n) is 3.73. The van der Waals surface area contributed by atoms with Crippen molar-refractivity contribution in [1.29, 1.82) is 0 Å². The Hall–Kier alpha value is -1.75. The van der Waals surface area contributed by atoms with Gasteiger partial charge in [-0.1, -0.05) is 19.1 Å². The summed E-state index contributed by atoms with van der Waals surface area (Å²) < 4.78 is 0. The van der Waals surface area contributed by atoms with E-state index in [9.17, 15) is 0 Å². The zero-order valence-corrected chi connectivity index (χ0v) is 11.9. The molecule has 0 spiro atoms. The van der Waals surface area contributed by atoms with Gasteiger partial charge in [-0.15, -0.1) is 10.2 Å². The summed E-state index contributed by atoms with van der Waals surface area (Å²) in [5, 5.41) is 12.1. The molecule has 2 aromatic rings. The minimum Gasteiger partial charge on any atom is -0.338 e. The number of aromatic nitrogens is 3. The molecular formula is C15H21N5. The van der Waals surface area contributed by atoms with E-state index >= 15 is 0 Å². The lowest BCUT2D eigenvalue weighted by Gasteiger charge is -2.25. The molecule has 0 aliphatic carbocycles. The number of para-hydroxylation sites is 1. The van der Waals surface area contributed by atoms with Gasteiger partial charge in [0.25, 0.3) is 0 Å². The largest absolute Gasteiger partial charge is 0.338 e. The average molecular weight is 271 g/mol. The first-order chi connectivity index (χ1) is 9.86. The molecule has 1 aromatic heterocycles. The summed E-state index contributed by atoms with van der Waals surface area (Å²) in [6.07, 6.45) is 3.59. The van der Waals surface area contributed by atoms with Crippen molar-refractivity contribution in [3.05, 3.63) is 24.3 Å². The van der Waals surface area contributed by atoms with Crippen LogP contribution in [0.15, 0.2) is 24.3 Å². The summed E-state index contributed by atoms with van der Waals surface area (Å²) in [5.41, 5.74) is 1.77. The first-order valence-electron chi connectivity index (χ1n) is 7.44. The van der Waals surface area contributed by atoms with E-state index < -0.39 is 0 Å². The maximum Gasteiger partial charge on any atom is 0.245 e. The van der Waals surface area contributed by atoms with Crippen molar-refractivity contribution in [3.63, 3.8) is 0 Å². The Morgan fingerprint density at radius 1 is 1.25 bits per heavy atom. The number of rotatable bonds is 5.